The average Bonchev–Trinajstić information content (AvgIpc) is 3.07. The zero-order valence-corrected chi connectivity index (χ0v) is 13.6. The third-order valence-electron chi connectivity index (χ3n) is 3.62. The number of benzene rings is 1. The van der Waals surface area contributed by atoms with Crippen LogP contribution in [0.3, 0.4) is 0 Å². The maximum atomic E-state index is 12.4. The lowest BCUT2D eigenvalue weighted by molar-refractivity contribution is 0.102. The Morgan fingerprint density at radius 2 is 2.04 bits per heavy atom. The minimum Gasteiger partial charge on any atom is -0.497 e. The molecule has 0 unspecified atom stereocenters. The van der Waals surface area contributed by atoms with Crippen LogP contribution in [0, 0.1) is 0 Å². The SMILES string of the molecule is CCn1nc(C(=O)Nc2cccnc2)cc1-c1ccc(OC)cc1. The molecule has 3 aromatic rings. The lowest BCUT2D eigenvalue weighted by Crippen LogP contribution is -2.13. The third-order valence-corrected chi connectivity index (χ3v) is 3.62. The molecule has 1 aromatic carbocycles. The predicted octanol–water partition coefficient (Wildman–Crippen LogP) is 3.23. The summed E-state index contributed by atoms with van der Waals surface area (Å²) >= 11 is 0. The van der Waals surface area contributed by atoms with Gasteiger partial charge in [-0.3, -0.25) is 14.5 Å². The van der Waals surface area contributed by atoms with Gasteiger partial charge in [0.1, 0.15) is 5.75 Å². The molecule has 0 saturated carbocycles. The zero-order valence-electron chi connectivity index (χ0n) is 13.6. The van der Waals surface area contributed by atoms with Crippen LogP contribution in [-0.4, -0.2) is 27.8 Å². The van der Waals surface area contributed by atoms with E-state index in [4.69, 9.17) is 4.74 Å². The van der Waals surface area contributed by atoms with Crippen molar-refractivity contribution in [2.24, 2.45) is 0 Å². The van der Waals surface area contributed by atoms with Crippen molar-refractivity contribution < 1.29 is 9.53 Å². The number of ether oxygens (including phenoxy) is 1. The van der Waals surface area contributed by atoms with E-state index in [9.17, 15) is 4.79 Å². The number of carbonyl (C=O) groups excluding carboxylic acids is 1. The maximum absolute atomic E-state index is 12.4. The highest BCUT2D eigenvalue weighted by Gasteiger charge is 2.15. The topological polar surface area (TPSA) is 69.0 Å². The molecule has 6 nitrogen and oxygen atoms in total. The van der Waals surface area contributed by atoms with E-state index in [1.54, 1.807) is 42.4 Å². The molecule has 1 N–H and O–H groups in total. The first kappa shape index (κ1) is 15.7. The average molecular weight is 322 g/mol. The van der Waals surface area contributed by atoms with Crippen LogP contribution in [0.5, 0.6) is 5.75 Å². The molecule has 0 spiro atoms. The zero-order chi connectivity index (χ0) is 16.9. The Bertz CT molecular complexity index is 826. The number of methoxy groups -OCH3 is 1. The number of pyridine rings is 1. The molecule has 2 heterocycles. The number of hydrogen-bond acceptors (Lipinski definition) is 4. The van der Waals surface area contributed by atoms with E-state index in [0.717, 1.165) is 17.0 Å². The highest BCUT2D eigenvalue weighted by Crippen LogP contribution is 2.23. The molecule has 0 saturated heterocycles. The van der Waals surface area contributed by atoms with Crippen molar-refractivity contribution in [3.63, 3.8) is 0 Å². The summed E-state index contributed by atoms with van der Waals surface area (Å²) in [6.07, 6.45) is 3.25. The summed E-state index contributed by atoms with van der Waals surface area (Å²) in [4.78, 5) is 16.4. The van der Waals surface area contributed by atoms with E-state index in [1.807, 2.05) is 31.2 Å². The number of hydrogen-bond donors (Lipinski definition) is 1. The molecule has 0 aliphatic carbocycles. The van der Waals surface area contributed by atoms with Crippen molar-refractivity contribution in [1.29, 1.82) is 0 Å². The molecule has 122 valence electrons. The van der Waals surface area contributed by atoms with Gasteiger partial charge in [-0.15, -0.1) is 0 Å². The van der Waals surface area contributed by atoms with Crippen molar-refractivity contribution in [1.82, 2.24) is 14.8 Å². The van der Waals surface area contributed by atoms with Gasteiger partial charge in [0.15, 0.2) is 5.69 Å². The van der Waals surface area contributed by atoms with Gasteiger partial charge >= 0.3 is 0 Å². The lowest BCUT2D eigenvalue weighted by atomic mass is 10.1. The number of carbonyl (C=O) groups is 1. The number of amides is 1. The second-order valence-electron chi connectivity index (χ2n) is 5.15. The molecular formula is C18H18N4O2. The second-order valence-corrected chi connectivity index (χ2v) is 5.15. The molecular weight excluding hydrogens is 304 g/mol. The van der Waals surface area contributed by atoms with Crippen LogP contribution >= 0.6 is 0 Å². The van der Waals surface area contributed by atoms with Crippen molar-refractivity contribution in [2.75, 3.05) is 12.4 Å². The smallest absolute Gasteiger partial charge is 0.276 e. The summed E-state index contributed by atoms with van der Waals surface area (Å²) in [5.41, 5.74) is 2.87. The number of nitrogens with zero attached hydrogens (tertiary/aromatic N) is 3. The second kappa shape index (κ2) is 6.95. The van der Waals surface area contributed by atoms with Crippen LogP contribution in [-0.2, 0) is 6.54 Å². The molecule has 0 aliphatic rings. The van der Waals surface area contributed by atoms with Crippen LogP contribution in [0.1, 0.15) is 17.4 Å². The van der Waals surface area contributed by atoms with E-state index < -0.39 is 0 Å². The van der Waals surface area contributed by atoms with E-state index >= 15 is 0 Å². The Kier molecular flexibility index (Phi) is 4.56. The Balaban J connectivity index is 1.87. The summed E-state index contributed by atoms with van der Waals surface area (Å²) in [5.74, 6) is 0.529. The first-order valence-corrected chi connectivity index (χ1v) is 7.65. The highest BCUT2D eigenvalue weighted by molar-refractivity contribution is 6.03. The first-order chi connectivity index (χ1) is 11.7. The van der Waals surface area contributed by atoms with Gasteiger partial charge in [0.25, 0.3) is 5.91 Å². The van der Waals surface area contributed by atoms with E-state index in [1.165, 1.54) is 0 Å². The Hall–Kier alpha value is -3.15. The van der Waals surface area contributed by atoms with E-state index in [2.05, 4.69) is 15.4 Å². The van der Waals surface area contributed by atoms with Gasteiger partial charge < -0.3 is 10.1 Å². The van der Waals surface area contributed by atoms with Crippen molar-refractivity contribution >= 4 is 11.6 Å². The van der Waals surface area contributed by atoms with Crippen molar-refractivity contribution in [3.05, 3.63) is 60.6 Å². The standard InChI is InChI=1S/C18H18N4O2/c1-3-22-17(13-6-8-15(24-2)9-7-13)11-16(21-22)18(23)20-14-5-4-10-19-12-14/h4-12H,3H2,1-2H3,(H,20,23). The fraction of sp³-hybridized carbons (Fsp3) is 0.167. The molecule has 0 radical (unpaired) electrons. The molecule has 24 heavy (non-hydrogen) atoms. The van der Waals surface area contributed by atoms with Crippen LogP contribution in [0.2, 0.25) is 0 Å². The summed E-state index contributed by atoms with van der Waals surface area (Å²) < 4.78 is 6.98. The van der Waals surface area contributed by atoms with Crippen LogP contribution in [0.25, 0.3) is 11.3 Å². The van der Waals surface area contributed by atoms with Gasteiger partial charge in [0.05, 0.1) is 24.7 Å². The number of aryl methyl sites for hydroxylation is 1. The lowest BCUT2D eigenvalue weighted by Gasteiger charge is -2.05. The molecule has 0 aliphatic heterocycles. The highest BCUT2D eigenvalue weighted by atomic mass is 16.5. The van der Waals surface area contributed by atoms with E-state index in [0.29, 0.717) is 17.9 Å². The van der Waals surface area contributed by atoms with Crippen LogP contribution in [0.15, 0.2) is 54.9 Å². The molecule has 0 fully saturated rings. The normalized spacial score (nSPS) is 10.4. The van der Waals surface area contributed by atoms with Gasteiger partial charge in [-0.1, -0.05) is 0 Å². The fourth-order valence-electron chi connectivity index (χ4n) is 2.39. The molecule has 0 atom stereocenters. The Morgan fingerprint density at radius 3 is 2.67 bits per heavy atom. The molecule has 3 rings (SSSR count). The minimum atomic E-state index is -0.259. The quantitative estimate of drug-likeness (QED) is 0.783. The fourth-order valence-corrected chi connectivity index (χ4v) is 2.39. The van der Waals surface area contributed by atoms with Gasteiger partial charge in [-0.25, -0.2) is 0 Å². The van der Waals surface area contributed by atoms with Gasteiger partial charge in [-0.05, 0) is 49.4 Å². The third kappa shape index (κ3) is 3.27. The number of anilines is 1. The summed E-state index contributed by atoms with van der Waals surface area (Å²) in [6.45, 7) is 2.66. The number of nitrogens with one attached hydrogen (secondary N) is 1. The maximum Gasteiger partial charge on any atom is 0.276 e. The minimum absolute atomic E-state index is 0.259. The molecule has 1 amide bonds. The van der Waals surface area contributed by atoms with Crippen LogP contribution in [0.4, 0.5) is 5.69 Å². The number of aromatic nitrogens is 3. The molecule has 2 aromatic heterocycles. The Morgan fingerprint density at radius 1 is 1.25 bits per heavy atom. The van der Waals surface area contributed by atoms with Crippen molar-refractivity contribution in [2.45, 2.75) is 13.5 Å². The monoisotopic (exact) mass is 322 g/mol. The largest absolute Gasteiger partial charge is 0.497 e. The first-order valence-electron chi connectivity index (χ1n) is 7.65. The Labute approximate surface area is 140 Å². The predicted molar refractivity (Wildman–Crippen MR) is 92.1 cm³/mol. The summed E-state index contributed by atoms with van der Waals surface area (Å²) in [5, 5.41) is 7.19. The number of rotatable bonds is 5. The summed E-state index contributed by atoms with van der Waals surface area (Å²) in [6, 6.07) is 13.0. The molecule has 0 bridgehead atoms. The van der Waals surface area contributed by atoms with Crippen LogP contribution < -0.4 is 10.1 Å². The van der Waals surface area contributed by atoms with Gasteiger partial charge in [0, 0.05) is 18.3 Å². The van der Waals surface area contributed by atoms with E-state index in [-0.39, 0.29) is 5.91 Å². The summed E-state index contributed by atoms with van der Waals surface area (Å²) in [7, 11) is 1.63. The van der Waals surface area contributed by atoms with Gasteiger partial charge in [0.2, 0.25) is 0 Å². The van der Waals surface area contributed by atoms with Crippen molar-refractivity contribution in [3.8, 4) is 17.0 Å². The molecule has 6 heteroatoms. The van der Waals surface area contributed by atoms with Gasteiger partial charge in [-0.2, -0.15) is 5.10 Å².